The maximum absolute atomic E-state index is 5.80. The van der Waals surface area contributed by atoms with Crippen LogP contribution in [-0.2, 0) is 10.8 Å². The fourth-order valence-electron chi connectivity index (χ4n) is 0.822. The first-order chi connectivity index (χ1) is 5.82. The number of nitrogens with zero attached hydrogens (tertiary/aromatic N) is 1. The minimum atomic E-state index is -1.48. The minimum Gasteiger partial charge on any atom is -0.190 e. The van der Waals surface area contributed by atoms with E-state index in [-0.39, 0.29) is 0 Å². The Kier molecular flexibility index (Phi) is 3.59. The molecule has 0 spiro atoms. The zero-order valence-electron chi connectivity index (χ0n) is 6.49. The molecule has 0 saturated carbocycles. The molecule has 0 N–H and O–H groups in total. The van der Waals surface area contributed by atoms with Gasteiger partial charge in [-0.3, -0.25) is 0 Å². The van der Waals surface area contributed by atoms with Gasteiger partial charge >= 0.3 is 0 Å². The van der Waals surface area contributed by atoms with Gasteiger partial charge in [0.15, 0.2) is 6.20 Å². The lowest BCUT2D eigenvalue weighted by Crippen LogP contribution is -2.31. The Balaban J connectivity index is 3.29. The van der Waals surface area contributed by atoms with Crippen LogP contribution in [0.25, 0.3) is 0 Å². The van der Waals surface area contributed by atoms with Crippen molar-refractivity contribution in [2.75, 3.05) is 0 Å². The van der Waals surface area contributed by atoms with E-state index in [0.717, 1.165) is 0 Å². The van der Waals surface area contributed by atoms with Crippen LogP contribution in [0.1, 0.15) is 5.56 Å². The van der Waals surface area contributed by atoms with Crippen LogP contribution in [-0.4, -0.2) is 0 Å². The van der Waals surface area contributed by atoms with Crippen molar-refractivity contribution in [3.63, 3.8) is 0 Å². The second-order valence-electron chi connectivity index (χ2n) is 2.48. The first-order valence-corrected chi connectivity index (χ1v) is 5.13. The monoisotopic (exact) mass is 278 g/mol. The molecule has 0 aliphatic carbocycles. The summed E-state index contributed by atoms with van der Waals surface area (Å²) < 4.78 is 0.104. The van der Waals surface area contributed by atoms with Gasteiger partial charge in [0.2, 0.25) is 3.79 Å². The molecule has 0 saturated heterocycles. The van der Waals surface area contributed by atoms with Crippen molar-refractivity contribution in [1.29, 1.82) is 0 Å². The first-order valence-electron chi connectivity index (χ1n) is 3.24. The summed E-state index contributed by atoms with van der Waals surface area (Å²) in [5.74, 6) is 0. The topological polar surface area (TPSA) is 3.88 Å². The molecule has 1 nitrogen and oxygen atoms in total. The van der Waals surface area contributed by atoms with Gasteiger partial charge in [-0.25, -0.2) is 0 Å². The Morgan fingerprint density at radius 2 is 1.77 bits per heavy atom. The van der Waals surface area contributed by atoms with E-state index >= 15 is 0 Å². The molecule has 0 aliphatic rings. The smallest absolute Gasteiger partial charge is 0.190 e. The Bertz CT molecular complexity index is 307. The number of rotatable bonds is 0. The standard InChI is InChI=1S/C7H5Cl5N/c1-13-3-4(7(10,11)12)2-5(8)6(13)9/h2-3H,1H3/q+1. The van der Waals surface area contributed by atoms with Crippen LogP contribution in [0.3, 0.4) is 0 Å². The average molecular weight is 280 g/mol. The average Bonchev–Trinajstić information content (AvgIpc) is 1.97. The predicted molar refractivity (Wildman–Crippen MR) is 56.9 cm³/mol. The molecule has 1 heterocycles. The van der Waals surface area contributed by atoms with Crippen molar-refractivity contribution >= 4 is 58.0 Å². The van der Waals surface area contributed by atoms with Gasteiger partial charge < -0.3 is 0 Å². The van der Waals surface area contributed by atoms with Crippen LogP contribution in [0, 0.1) is 0 Å². The van der Waals surface area contributed by atoms with E-state index in [4.69, 9.17) is 58.0 Å². The molecule has 1 aromatic rings. The molecule has 0 amide bonds. The summed E-state index contributed by atoms with van der Waals surface area (Å²) in [4.78, 5) is 0. The Labute approximate surface area is 101 Å². The van der Waals surface area contributed by atoms with Crippen LogP contribution >= 0.6 is 58.0 Å². The molecule has 0 aliphatic heterocycles. The SMILES string of the molecule is C[n+]1cc(C(Cl)(Cl)Cl)cc(Cl)c1Cl. The fraction of sp³-hybridized carbons (Fsp3) is 0.286. The van der Waals surface area contributed by atoms with E-state index in [1.165, 1.54) is 6.07 Å². The quantitative estimate of drug-likeness (QED) is 0.388. The van der Waals surface area contributed by atoms with Crippen LogP contribution in [0.5, 0.6) is 0 Å². The van der Waals surface area contributed by atoms with Crippen molar-refractivity contribution in [2.24, 2.45) is 7.05 Å². The third-order valence-electron chi connectivity index (χ3n) is 1.45. The molecule has 0 unspecified atom stereocenters. The molecule has 0 aromatic carbocycles. The molecule has 6 heteroatoms. The van der Waals surface area contributed by atoms with Crippen LogP contribution < -0.4 is 4.57 Å². The van der Waals surface area contributed by atoms with Gasteiger partial charge in [0.25, 0.3) is 5.15 Å². The molecular weight excluding hydrogens is 275 g/mol. The number of hydrogen-bond donors (Lipinski definition) is 0. The molecule has 13 heavy (non-hydrogen) atoms. The molecular formula is C7H5Cl5N+. The summed E-state index contributed by atoms with van der Waals surface area (Å²) in [6, 6.07) is 1.52. The second-order valence-corrected chi connectivity index (χ2v) is 5.52. The minimum absolute atomic E-state index is 0.355. The maximum Gasteiger partial charge on any atom is 0.293 e. The van der Waals surface area contributed by atoms with Crippen molar-refractivity contribution < 1.29 is 4.57 Å². The number of alkyl halides is 3. The largest absolute Gasteiger partial charge is 0.293 e. The molecule has 0 radical (unpaired) electrons. The normalized spacial score (nSPS) is 11.8. The third-order valence-corrected chi connectivity index (χ3v) is 2.96. The zero-order chi connectivity index (χ0) is 10.2. The summed E-state index contributed by atoms with van der Waals surface area (Å²) in [5, 5.41) is 0.757. The van der Waals surface area contributed by atoms with Gasteiger partial charge in [0.05, 0.1) is 5.56 Å². The van der Waals surface area contributed by atoms with E-state index in [9.17, 15) is 0 Å². The zero-order valence-corrected chi connectivity index (χ0v) is 10.3. The van der Waals surface area contributed by atoms with Crippen molar-refractivity contribution in [3.8, 4) is 0 Å². The number of aryl methyl sites for hydroxylation is 1. The van der Waals surface area contributed by atoms with Crippen molar-refractivity contribution in [3.05, 3.63) is 28.0 Å². The number of hydrogen-bond acceptors (Lipinski definition) is 0. The highest BCUT2D eigenvalue weighted by molar-refractivity contribution is 6.66. The lowest BCUT2D eigenvalue weighted by atomic mass is 10.3. The Morgan fingerprint density at radius 1 is 1.23 bits per heavy atom. The lowest BCUT2D eigenvalue weighted by molar-refractivity contribution is -0.669. The molecule has 1 aromatic heterocycles. The van der Waals surface area contributed by atoms with Gasteiger partial charge in [-0.1, -0.05) is 46.4 Å². The van der Waals surface area contributed by atoms with E-state index < -0.39 is 3.79 Å². The fourth-order valence-corrected chi connectivity index (χ4v) is 1.49. The maximum atomic E-state index is 5.80. The van der Waals surface area contributed by atoms with E-state index in [0.29, 0.717) is 15.7 Å². The van der Waals surface area contributed by atoms with Gasteiger partial charge in [0.1, 0.15) is 12.1 Å². The Morgan fingerprint density at radius 3 is 2.15 bits per heavy atom. The Hall–Kier alpha value is 0.600. The first kappa shape index (κ1) is 11.7. The number of aromatic nitrogens is 1. The van der Waals surface area contributed by atoms with E-state index in [1.54, 1.807) is 17.8 Å². The van der Waals surface area contributed by atoms with Gasteiger partial charge in [-0.15, -0.1) is 0 Å². The summed E-state index contributed by atoms with van der Waals surface area (Å²) in [6.45, 7) is 0. The predicted octanol–water partition coefficient (Wildman–Crippen LogP) is 3.64. The van der Waals surface area contributed by atoms with E-state index in [2.05, 4.69) is 0 Å². The molecule has 1 rings (SSSR count). The summed E-state index contributed by atoms with van der Waals surface area (Å²) in [5.41, 5.74) is 0.481. The van der Waals surface area contributed by atoms with Crippen LogP contribution in [0.15, 0.2) is 12.3 Å². The summed E-state index contributed by atoms with van der Waals surface area (Å²) >= 11 is 28.6. The number of halogens is 5. The highest BCUT2D eigenvalue weighted by atomic mass is 35.6. The number of pyridine rings is 1. The summed E-state index contributed by atoms with van der Waals surface area (Å²) in [7, 11) is 1.72. The van der Waals surface area contributed by atoms with Crippen LogP contribution in [0.2, 0.25) is 10.2 Å². The summed E-state index contributed by atoms with van der Waals surface area (Å²) in [6.07, 6.45) is 1.61. The van der Waals surface area contributed by atoms with Crippen molar-refractivity contribution in [1.82, 2.24) is 0 Å². The second kappa shape index (κ2) is 4.00. The van der Waals surface area contributed by atoms with Crippen molar-refractivity contribution in [2.45, 2.75) is 3.79 Å². The van der Waals surface area contributed by atoms with E-state index in [1.807, 2.05) is 0 Å². The van der Waals surface area contributed by atoms with Gasteiger partial charge in [-0.2, -0.15) is 4.57 Å². The van der Waals surface area contributed by atoms with Gasteiger partial charge in [-0.05, 0) is 17.7 Å². The highest BCUT2D eigenvalue weighted by Gasteiger charge is 2.27. The van der Waals surface area contributed by atoms with Crippen LogP contribution in [0.4, 0.5) is 0 Å². The van der Waals surface area contributed by atoms with Gasteiger partial charge in [0, 0.05) is 0 Å². The molecule has 72 valence electrons. The lowest BCUT2D eigenvalue weighted by Gasteiger charge is -2.09. The molecule has 0 atom stereocenters. The molecule has 0 fully saturated rings. The highest BCUT2D eigenvalue weighted by Crippen LogP contribution is 2.38. The molecule has 0 bridgehead atoms. The third kappa shape index (κ3) is 2.77.